The van der Waals surface area contributed by atoms with Crippen LogP contribution in [0.2, 0.25) is 0 Å². The average Bonchev–Trinajstić information content (AvgIpc) is 2.18. The standard InChI is InChI=1S/C12H16O3/c1-8(2)10-6-4-5-7-11(10)15-9(3)12(13)14/h4-9H,1-3H3,(H,13,14)/t9-/m0/s1. The zero-order chi connectivity index (χ0) is 11.4. The zero-order valence-electron chi connectivity index (χ0n) is 9.23. The van der Waals surface area contributed by atoms with E-state index in [9.17, 15) is 4.79 Å². The first-order valence-electron chi connectivity index (χ1n) is 5.00. The molecule has 0 bridgehead atoms. The average molecular weight is 208 g/mol. The molecule has 1 aromatic rings. The molecule has 1 rings (SSSR count). The molecule has 0 aromatic heterocycles. The number of carbonyl (C=O) groups is 1. The molecule has 0 aliphatic heterocycles. The van der Waals surface area contributed by atoms with Crippen molar-refractivity contribution in [1.29, 1.82) is 0 Å². The Bertz CT molecular complexity index is 344. The highest BCUT2D eigenvalue weighted by molar-refractivity contribution is 5.72. The number of para-hydroxylation sites is 1. The van der Waals surface area contributed by atoms with Crippen LogP contribution < -0.4 is 4.74 Å². The Labute approximate surface area is 89.7 Å². The highest BCUT2D eigenvalue weighted by Crippen LogP contribution is 2.26. The van der Waals surface area contributed by atoms with E-state index < -0.39 is 12.1 Å². The van der Waals surface area contributed by atoms with Crippen LogP contribution in [0, 0.1) is 0 Å². The van der Waals surface area contributed by atoms with Gasteiger partial charge in [-0.05, 0) is 24.5 Å². The molecule has 1 aromatic carbocycles. The third kappa shape index (κ3) is 2.98. The summed E-state index contributed by atoms with van der Waals surface area (Å²) in [5, 5.41) is 8.75. The van der Waals surface area contributed by atoms with Crippen LogP contribution in [0.25, 0.3) is 0 Å². The predicted molar refractivity (Wildman–Crippen MR) is 58.3 cm³/mol. The number of benzene rings is 1. The molecule has 0 heterocycles. The third-order valence-electron chi connectivity index (χ3n) is 2.19. The Kier molecular flexibility index (Phi) is 3.72. The summed E-state index contributed by atoms with van der Waals surface area (Å²) in [5.41, 5.74) is 1.03. The van der Waals surface area contributed by atoms with Gasteiger partial charge in [-0.3, -0.25) is 0 Å². The van der Waals surface area contributed by atoms with Crippen molar-refractivity contribution in [3.8, 4) is 5.75 Å². The van der Waals surface area contributed by atoms with Crippen LogP contribution in [0.5, 0.6) is 5.75 Å². The van der Waals surface area contributed by atoms with Gasteiger partial charge >= 0.3 is 5.97 Å². The lowest BCUT2D eigenvalue weighted by atomic mass is 10.0. The molecule has 1 N–H and O–H groups in total. The van der Waals surface area contributed by atoms with Crippen molar-refractivity contribution in [2.24, 2.45) is 0 Å². The second-order valence-electron chi connectivity index (χ2n) is 3.79. The van der Waals surface area contributed by atoms with Crippen LogP contribution in [-0.2, 0) is 4.79 Å². The lowest BCUT2D eigenvalue weighted by molar-refractivity contribution is -0.144. The second kappa shape index (κ2) is 4.82. The van der Waals surface area contributed by atoms with E-state index in [0.717, 1.165) is 5.56 Å². The molecule has 0 fully saturated rings. The summed E-state index contributed by atoms with van der Waals surface area (Å²) in [6, 6.07) is 7.52. The zero-order valence-corrected chi connectivity index (χ0v) is 9.23. The maximum atomic E-state index is 10.7. The van der Waals surface area contributed by atoms with Gasteiger partial charge < -0.3 is 9.84 Å². The van der Waals surface area contributed by atoms with E-state index in [1.54, 1.807) is 6.07 Å². The topological polar surface area (TPSA) is 46.5 Å². The molecule has 3 nitrogen and oxygen atoms in total. The van der Waals surface area contributed by atoms with Crippen molar-refractivity contribution in [3.05, 3.63) is 29.8 Å². The van der Waals surface area contributed by atoms with Crippen molar-refractivity contribution in [3.63, 3.8) is 0 Å². The lowest BCUT2D eigenvalue weighted by Gasteiger charge is -2.16. The van der Waals surface area contributed by atoms with Gasteiger partial charge in [0, 0.05) is 0 Å². The first-order valence-corrected chi connectivity index (χ1v) is 5.00. The molecule has 0 aliphatic carbocycles. The number of ether oxygens (including phenoxy) is 1. The van der Waals surface area contributed by atoms with Gasteiger partial charge in [0.1, 0.15) is 5.75 Å². The monoisotopic (exact) mass is 208 g/mol. The maximum absolute atomic E-state index is 10.7. The quantitative estimate of drug-likeness (QED) is 0.827. The normalized spacial score (nSPS) is 12.5. The van der Waals surface area contributed by atoms with Crippen molar-refractivity contribution in [1.82, 2.24) is 0 Å². The minimum Gasteiger partial charge on any atom is -0.479 e. The van der Waals surface area contributed by atoms with E-state index in [0.29, 0.717) is 11.7 Å². The van der Waals surface area contributed by atoms with Crippen molar-refractivity contribution in [2.45, 2.75) is 32.8 Å². The fraction of sp³-hybridized carbons (Fsp3) is 0.417. The fourth-order valence-electron chi connectivity index (χ4n) is 1.31. The molecular formula is C12H16O3. The van der Waals surface area contributed by atoms with E-state index in [2.05, 4.69) is 0 Å². The molecule has 0 saturated carbocycles. The van der Waals surface area contributed by atoms with Gasteiger partial charge in [-0.1, -0.05) is 32.0 Å². The number of hydrogen-bond acceptors (Lipinski definition) is 2. The minimum atomic E-state index is -0.950. The maximum Gasteiger partial charge on any atom is 0.344 e. The summed E-state index contributed by atoms with van der Waals surface area (Å²) in [5.74, 6) is 0.0261. The first-order chi connectivity index (χ1) is 7.02. The van der Waals surface area contributed by atoms with E-state index in [1.807, 2.05) is 32.0 Å². The molecule has 0 saturated heterocycles. The van der Waals surface area contributed by atoms with Gasteiger partial charge in [0.15, 0.2) is 6.10 Å². The number of carboxylic acid groups (broad SMARTS) is 1. The summed E-state index contributed by atoms with van der Waals surface area (Å²) in [6.45, 7) is 5.63. The van der Waals surface area contributed by atoms with Crippen LogP contribution in [0.15, 0.2) is 24.3 Å². The van der Waals surface area contributed by atoms with Crippen LogP contribution >= 0.6 is 0 Å². The Morgan fingerprint density at radius 3 is 2.40 bits per heavy atom. The van der Waals surface area contributed by atoms with E-state index in [1.165, 1.54) is 6.92 Å². The number of aliphatic carboxylic acids is 1. The molecule has 0 aliphatic rings. The van der Waals surface area contributed by atoms with Crippen LogP contribution in [0.4, 0.5) is 0 Å². The van der Waals surface area contributed by atoms with Gasteiger partial charge in [0.25, 0.3) is 0 Å². The molecule has 15 heavy (non-hydrogen) atoms. The summed E-state index contributed by atoms with van der Waals surface area (Å²) in [6.07, 6.45) is -0.815. The van der Waals surface area contributed by atoms with Gasteiger partial charge in [0.2, 0.25) is 0 Å². The van der Waals surface area contributed by atoms with E-state index >= 15 is 0 Å². The van der Waals surface area contributed by atoms with Gasteiger partial charge in [-0.2, -0.15) is 0 Å². The minimum absolute atomic E-state index is 0.321. The number of carboxylic acids is 1. The summed E-state index contributed by atoms with van der Waals surface area (Å²) in [7, 11) is 0. The van der Waals surface area contributed by atoms with Crippen molar-refractivity contribution in [2.75, 3.05) is 0 Å². The second-order valence-corrected chi connectivity index (χ2v) is 3.79. The Morgan fingerprint density at radius 2 is 1.87 bits per heavy atom. The largest absolute Gasteiger partial charge is 0.479 e. The van der Waals surface area contributed by atoms with Gasteiger partial charge in [-0.15, -0.1) is 0 Å². The van der Waals surface area contributed by atoms with E-state index in [-0.39, 0.29) is 0 Å². The third-order valence-corrected chi connectivity index (χ3v) is 2.19. The Morgan fingerprint density at radius 1 is 1.27 bits per heavy atom. The molecule has 0 amide bonds. The molecule has 0 radical (unpaired) electrons. The highest BCUT2D eigenvalue weighted by atomic mass is 16.5. The Balaban J connectivity index is 2.89. The summed E-state index contributed by atoms with van der Waals surface area (Å²) in [4.78, 5) is 10.7. The molecule has 82 valence electrons. The van der Waals surface area contributed by atoms with Gasteiger partial charge in [0.05, 0.1) is 0 Å². The molecule has 0 spiro atoms. The molecule has 1 atom stereocenters. The van der Waals surface area contributed by atoms with Gasteiger partial charge in [-0.25, -0.2) is 4.79 Å². The van der Waals surface area contributed by atoms with Crippen LogP contribution in [0.1, 0.15) is 32.3 Å². The Hall–Kier alpha value is -1.51. The number of rotatable bonds is 4. The van der Waals surface area contributed by atoms with Crippen LogP contribution in [-0.4, -0.2) is 17.2 Å². The SMILES string of the molecule is CC(C)c1ccccc1O[C@@H](C)C(=O)O. The fourth-order valence-corrected chi connectivity index (χ4v) is 1.31. The smallest absolute Gasteiger partial charge is 0.344 e. The van der Waals surface area contributed by atoms with E-state index in [4.69, 9.17) is 9.84 Å². The lowest BCUT2D eigenvalue weighted by Crippen LogP contribution is -2.23. The highest BCUT2D eigenvalue weighted by Gasteiger charge is 2.15. The molecule has 3 heteroatoms. The van der Waals surface area contributed by atoms with Crippen molar-refractivity contribution < 1.29 is 14.6 Å². The molecule has 0 unspecified atom stereocenters. The number of hydrogen-bond donors (Lipinski definition) is 1. The predicted octanol–water partition coefficient (Wildman–Crippen LogP) is 2.66. The summed E-state index contributed by atoms with van der Waals surface area (Å²) < 4.78 is 5.37. The molecular weight excluding hydrogens is 192 g/mol. The summed E-state index contributed by atoms with van der Waals surface area (Å²) >= 11 is 0. The van der Waals surface area contributed by atoms with Crippen LogP contribution in [0.3, 0.4) is 0 Å². The van der Waals surface area contributed by atoms with Crippen molar-refractivity contribution >= 4 is 5.97 Å². The first kappa shape index (κ1) is 11.6.